The van der Waals surface area contributed by atoms with E-state index in [2.05, 4.69) is 66.9 Å². The van der Waals surface area contributed by atoms with Crippen LogP contribution in [0.1, 0.15) is 24.0 Å². The number of nitrogens with one attached hydrogen (secondary N) is 2. The van der Waals surface area contributed by atoms with Gasteiger partial charge in [-0.15, -0.1) is 0 Å². The number of nitrogens with zero attached hydrogens (tertiary/aromatic N) is 2. The average Bonchev–Trinajstić information content (AvgIpc) is 3.40. The minimum absolute atomic E-state index is 0.255. The second-order valence-electron chi connectivity index (χ2n) is 6.25. The first-order chi connectivity index (χ1) is 11.7. The smallest absolute Gasteiger partial charge is 0.191 e. The molecule has 4 nitrogen and oxygen atoms in total. The molecule has 2 aromatic rings. The van der Waals surface area contributed by atoms with Crippen LogP contribution in [0, 0.1) is 0 Å². The number of aromatic nitrogens is 1. The van der Waals surface area contributed by atoms with Gasteiger partial charge in [0.05, 0.1) is 0 Å². The number of aliphatic imine (C=N–C) groups is 1. The van der Waals surface area contributed by atoms with Crippen LogP contribution in [0.4, 0.5) is 0 Å². The van der Waals surface area contributed by atoms with Crippen molar-refractivity contribution in [3.05, 3.63) is 64.4 Å². The van der Waals surface area contributed by atoms with E-state index in [1.807, 2.05) is 19.3 Å². The third-order valence-electron chi connectivity index (χ3n) is 4.54. The van der Waals surface area contributed by atoms with Crippen LogP contribution >= 0.6 is 15.9 Å². The molecule has 3 rings (SSSR count). The zero-order valence-corrected chi connectivity index (χ0v) is 15.5. The second-order valence-corrected chi connectivity index (χ2v) is 7.17. The van der Waals surface area contributed by atoms with Gasteiger partial charge >= 0.3 is 0 Å². The maximum absolute atomic E-state index is 4.33. The van der Waals surface area contributed by atoms with E-state index in [-0.39, 0.29) is 5.41 Å². The standard InChI is InChI=1S/C19H23BrN4/c1-21-18(23-11-7-15-4-3-10-22-13-15)24-14-19(8-9-19)16-5-2-6-17(20)12-16/h2-6,10,12-13H,7-9,11,14H2,1H3,(H2,21,23,24). The normalized spacial score (nSPS) is 15.8. The number of halogens is 1. The third-order valence-corrected chi connectivity index (χ3v) is 5.03. The summed E-state index contributed by atoms with van der Waals surface area (Å²) in [4.78, 5) is 8.47. The Morgan fingerprint density at radius 2 is 2.12 bits per heavy atom. The van der Waals surface area contributed by atoms with Crippen molar-refractivity contribution in [2.75, 3.05) is 20.1 Å². The fourth-order valence-corrected chi connectivity index (χ4v) is 3.28. The van der Waals surface area contributed by atoms with Gasteiger partial charge in [-0.3, -0.25) is 9.98 Å². The summed E-state index contributed by atoms with van der Waals surface area (Å²) in [6.45, 7) is 1.76. The molecule has 1 saturated carbocycles. The Bertz CT molecular complexity index is 696. The molecular formula is C19H23BrN4. The van der Waals surface area contributed by atoms with Crippen molar-refractivity contribution in [2.24, 2.45) is 4.99 Å². The predicted octanol–water partition coefficient (Wildman–Crippen LogP) is 3.28. The summed E-state index contributed by atoms with van der Waals surface area (Å²) in [6, 6.07) is 12.7. The average molecular weight is 387 g/mol. The third kappa shape index (κ3) is 4.35. The molecular weight excluding hydrogens is 364 g/mol. The highest BCUT2D eigenvalue weighted by Gasteiger charge is 2.44. The summed E-state index contributed by atoms with van der Waals surface area (Å²) >= 11 is 3.57. The second kappa shape index (κ2) is 7.79. The van der Waals surface area contributed by atoms with Crippen molar-refractivity contribution in [3.8, 4) is 0 Å². The van der Waals surface area contributed by atoms with E-state index < -0.39 is 0 Å². The molecule has 0 spiro atoms. The summed E-state index contributed by atoms with van der Waals surface area (Å²) in [6.07, 6.45) is 7.09. The molecule has 126 valence electrons. The Balaban J connectivity index is 1.49. The van der Waals surface area contributed by atoms with Gasteiger partial charge in [0.15, 0.2) is 5.96 Å². The van der Waals surface area contributed by atoms with Gasteiger partial charge in [-0.25, -0.2) is 0 Å². The number of rotatable bonds is 6. The lowest BCUT2D eigenvalue weighted by atomic mass is 9.96. The van der Waals surface area contributed by atoms with Gasteiger partial charge in [0.25, 0.3) is 0 Å². The monoisotopic (exact) mass is 386 g/mol. The molecule has 1 aromatic heterocycles. The van der Waals surface area contributed by atoms with Gasteiger partial charge in [0.2, 0.25) is 0 Å². The van der Waals surface area contributed by atoms with Gasteiger partial charge in [-0.2, -0.15) is 0 Å². The molecule has 24 heavy (non-hydrogen) atoms. The summed E-state index contributed by atoms with van der Waals surface area (Å²) in [5.41, 5.74) is 2.88. The first-order valence-corrected chi connectivity index (χ1v) is 9.11. The lowest BCUT2D eigenvalue weighted by Crippen LogP contribution is -2.42. The molecule has 1 aliphatic carbocycles. The first kappa shape index (κ1) is 17.0. The predicted molar refractivity (Wildman–Crippen MR) is 102 cm³/mol. The van der Waals surface area contributed by atoms with Crippen molar-refractivity contribution < 1.29 is 0 Å². The lowest BCUT2D eigenvalue weighted by Gasteiger charge is -2.19. The molecule has 5 heteroatoms. The highest BCUT2D eigenvalue weighted by molar-refractivity contribution is 9.10. The molecule has 1 fully saturated rings. The topological polar surface area (TPSA) is 49.3 Å². The molecule has 1 aliphatic rings. The summed E-state index contributed by atoms with van der Waals surface area (Å²) in [5, 5.41) is 6.87. The molecule has 0 aliphatic heterocycles. The van der Waals surface area contributed by atoms with Gasteiger partial charge in [-0.05, 0) is 48.6 Å². The molecule has 1 aromatic carbocycles. The van der Waals surface area contributed by atoms with Crippen molar-refractivity contribution >= 4 is 21.9 Å². The van der Waals surface area contributed by atoms with Crippen LogP contribution in [0.15, 0.2) is 58.3 Å². The van der Waals surface area contributed by atoms with Crippen molar-refractivity contribution in [3.63, 3.8) is 0 Å². The fourth-order valence-electron chi connectivity index (χ4n) is 2.88. The Morgan fingerprint density at radius 1 is 1.25 bits per heavy atom. The van der Waals surface area contributed by atoms with Crippen molar-refractivity contribution in [2.45, 2.75) is 24.7 Å². The van der Waals surface area contributed by atoms with E-state index in [0.717, 1.165) is 29.9 Å². The first-order valence-electron chi connectivity index (χ1n) is 8.31. The SMILES string of the molecule is CN=C(NCCc1cccnc1)NCC1(c2cccc(Br)c2)CC1. The fraction of sp³-hybridized carbons (Fsp3) is 0.368. The molecule has 0 unspecified atom stereocenters. The lowest BCUT2D eigenvalue weighted by molar-refractivity contribution is 0.645. The number of benzene rings is 1. The molecule has 1 heterocycles. The van der Waals surface area contributed by atoms with E-state index in [0.29, 0.717) is 0 Å². The Hall–Kier alpha value is -1.88. The maximum Gasteiger partial charge on any atom is 0.191 e. The maximum atomic E-state index is 4.33. The van der Waals surface area contributed by atoms with Crippen LogP contribution in [0.3, 0.4) is 0 Å². The molecule has 0 bridgehead atoms. The van der Waals surface area contributed by atoms with Crippen LogP contribution in [0.5, 0.6) is 0 Å². The number of hydrogen-bond acceptors (Lipinski definition) is 2. The Morgan fingerprint density at radius 3 is 2.79 bits per heavy atom. The highest BCUT2D eigenvalue weighted by Crippen LogP contribution is 2.48. The zero-order valence-electron chi connectivity index (χ0n) is 13.9. The van der Waals surface area contributed by atoms with Crippen LogP contribution in [0.25, 0.3) is 0 Å². The zero-order chi connectivity index (χ0) is 16.8. The van der Waals surface area contributed by atoms with E-state index in [1.165, 1.54) is 24.0 Å². The number of pyridine rings is 1. The van der Waals surface area contributed by atoms with E-state index in [1.54, 1.807) is 6.20 Å². The quantitative estimate of drug-likeness (QED) is 0.591. The molecule has 0 amide bonds. The number of guanidine groups is 1. The highest BCUT2D eigenvalue weighted by atomic mass is 79.9. The summed E-state index contributed by atoms with van der Waals surface area (Å²) in [7, 11) is 1.82. The van der Waals surface area contributed by atoms with Gasteiger partial charge < -0.3 is 10.6 Å². The number of hydrogen-bond donors (Lipinski definition) is 2. The summed E-state index contributed by atoms with van der Waals surface area (Å²) < 4.78 is 1.14. The van der Waals surface area contributed by atoms with Gasteiger partial charge in [0.1, 0.15) is 0 Å². The van der Waals surface area contributed by atoms with Crippen molar-refractivity contribution in [1.29, 1.82) is 0 Å². The summed E-state index contributed by atoms with van der Waals surface area (Å²) in [5.74, 6) is 0.861. The molecule has 0 radical (unpaired) electrons. The van der Waals surface area contributed by atoms with E-state index in [9.17, 15) is 0 Å². The van der Waals surface area contributed by atoms with Gasteiger partial charge in [-0.1, -0.05) is 34.1 Å². The Kier molecular flexibility index (Phi) is 5.51. The van der Waals surface area contributed by atoms with Crippen LogP contribution in [0.2, 0.25) is 0 Å². The van der Waals surface area contributed by atoms with Crippen molar-refractivity contribution in [1.82, 2.24) is 15.6 Å². The van der Waals surface area contributed by atoms with E-state index in [4.69, 9.17) is 0 Å². The van der Waals surface area contributed by atoms with E-state index >= 15 is 0 Å². The largest absolute Gasteiger partial charge is 0.356 e. The van der Waals surface area contributed by atoms with Gasteiger partial charge in [0, 0.05) is 42.4 Å². The molecule has 2 N–H and O–H groups in total. The minimum Gasteiger partial charge on any atom is -0.356 e. The van der Waals surface area contributed by atoms with Crippen LogP contribution < -0.4 is 10.6 Å². The Labute approximate surface area is 151 Å². The molecule has 0 saturated heterocycles. The molecule has 0 atom stereocenters. The van der Waals surface area contributed by atoms with Crippen LogP contribution in [-0.4, -0.2) is 31.1 Å². The van der Waals surface area contributed by atoms with Crippen LogP contribution in [-0.2, 0) is 11.8 Å². The minimum atomic E-state index is 0.255.